The maximum absolute atomic E-state index is 12.7. The first-order chi connectivity index (χ1) is 11.7. The van der Waals surface area contributed by atoms with Gasteiger partial charge in [0.15, 0.2) is 12.5 Å². The molecule has 2 aliphatic heterocycles. The molecule has 0 N–H and O–H groups in total. The molecule has 2 aromatic carbocycles. The largest absolute Gasteiger partial charge is 0.524 e. The van der Waals surface area contributed by atoms with E-state index in [0.29, 0.717) is 10.6 Å². The summed E-state index contributed by atoms with van der Waals surface area (Å²) in [5.74, 6) is 0. The zero-order chi connectivity index (χ0) is 18.0. The molecular formula is C15H12F3NO5S. The fourth-order valence-electron chi connectivity index (χ4n) is 3.11. The molecular weight excluding hydrogens is 363 g/mol. The summed E-state index contributed by atoms with van der Waals surface area (Å²) in [5, 5.41) is 2.20. The van der Waals surface area contributed by atoms with Gasteiger partial charge in [-0.25, -0.2) is 0 Å². The predicted octanol–water partition coefficient (Wildman–Crippen LogP) is 2.98. The van der Waals surface area contributed by atoms with Crippen molar-refractivity contribution in [3.63, 3.8) is 0 Å². The van der Waals surface area contributed by atoms with E-state index in [0.717, 1.165) is 16.3 Å². The van der Waals surface area contributed by atoms with Crippen molar-refractivity contribution in [2.75, 3.05) is 7.11 Å². The smallest absolute Gasteiger partial charge is 0.360 e. The van der Waals surface area contributed by atoms with Crippen LogP contribution in [0.3, 0.4) is 0 Å². The Morgan fingerprint density at radius 1 is 1.12 bits per heavy atom. The summed E-state index contributed by atoms with van der Waals surface area (Å²) in [6.07, 6.45) is -2.78. The van der Waals surface area contributed by atoms with Gasteiger partial charge in [0.25, 0.3) is 0 Å². The lowest BCUT2D eigenvalue weighted by atomic mass is 9.98. The molecule has 10 heteroatoms. The standard InChI is InChI=1S/C15H12F3NO5S/c1-22-13-10-7-3-5-8-4-2-6-9(11(8)10)12-14(23-12)19(13)24-25(20,21)15(16,17)18/h2-7,12-14H,1H3. The van der Waals surface area contributed by atoms with E-state index in [4.69, 9.17) is 9.47 Å². The third kappa shape index (κ3) is 2.52. The van der Waals surface area contributed by atoms with E-state index in [2.05, 4.69) is 4.28 Å². The number of methoxy groups -OCH3 is 1. The molecule has 0 spiro atoms. The van der Waals surface area contributed by atoms with Gasteiger partial charge >= 0.3 is 15.6 Å². The van der Waals surface area contributed by atoms with Crippen LogP contribution in [0.25, 0.3) is 10.8 Å². The number of benzene rings is 2. The zero-order valence-corrected chi connectivity index (χ0v) is 13.5. The Morgan fingerprint density at radius 2 is 1.76 bits per heavy atom. The van der Waals surface area contributed by atoms with Gasteiger partial charge in [-0.15, -0.1) is 5.06 Å². The molecule has 0 bridgehead atoms. The number of rotatable bonds is 3. The van der Waals surface area contributed by atoms with Crippen LogP contribution in [-0.4, -0.2) is 32.3 Å². The fraction of sp³-hybridized carbons (Fsp3) is 0.333. The molecule has 3 unspecified atom stereocenters. The normalized spacial score (nSPS) is 26.3. The summed E-state index contributed by atoms with van der Waals surface area (Å²) in [4.78, 5) is 0. The van der Waals surface area contributed by atoms with Crippen LogP contribution in [0.1, 0.15) is 23.5 Å². The van der Waals surface area contributed by atoms with E-state index in [1.165, 1.54) is 7.11 Å². The number of alkyl halides is 3. The number of hydroxylamine groups is 2. The van der Waals surface area contributed by atoms with Gasteiger partial charge in [-0.1, -0.05) is 36.4 Å². The molecule has 1 saturated heterocycles. The maximum atomic E-state index is 12.7. The van der Waals surface area contributed by atoms with Crippen LogP contribution in [-0.2, 0) is 23.9 Å². The molecule has 2 heterocycles. The molecule has 4 rings (SSSR count). The molecule has 0 radical (unpaired) electrons. The number of fused-ring (bicyclic) bond motifs is 2. The van der Waals surface area contributed by atoms with Crippen LogP contribution in [0.4, 0.5) is 13.2 Å². The summed E-state index contributed by atoms with van der Waals surface area (Å²) in [7, 11) is -4.60. The topological polar surface area (TPSA) is 68.4 Å². The van der Waals surface area contributed by atoms with Crippen molar-refractivity contribution in [3.05, 3.63) is 47.5 Å². The second-order valence-electron chi connectivity index (χ2n) is 5.66. The molecule has 0 amide bonds. The van der Waals surface area contributed by atoms with E-state index in [-0.39, 0.29) is 0 Å². The molecule has 134 valence electrons. The van der Waals surface area contributed by atoms with E-state index in [1.54, 1.807) is 24.3 Å². The first-order valence-corrected chi connectivity index (χ1v) is 8.64. The number of epoxide rings is 1. The highest BCUT2D eigenvalue weighted by Gasteiger charge is 2.57. The average molecular weight is 375 g/mol. The summed E-state index contributed by atoms with van der Waals surface area (Å²) < 4.78 is 76.2. The molecule has 0 saturated carbocycles. The molecule has 3 atom stereocenters. The third-order valence-electron chi connectivity index (χ3n) is 4.18. The number of ether oxygens (including phenoxy) is 2. The SMILES string of the molecule is COC1c2cccc3cccc(c23)C2OC2N1OS(=O)(=O)C(F)(F)F. The van der Waals surface area contributed by atoms with Gasteiger partial charge < -0.3 is 9.47 Å². The average Bonchev–Trinajstić information content (AvgIpc) is 3.33. The van der Waals surface area contributed by atoms with Gasteiger partial charge in [-0.05, 0) is 16.3 Å². The van der Waals surface area contributed by atoms with E-state index in [9.17, 15) is 21.6 Å². The van der Waals surface area contributed by atoms with Gasteiger partial charge in [0, 0.05) is 12.7 Å². The first-order valence-electron chi connectivity index (χ1n) is 7.23. The number of nitrogens with zero attached hydrogens (tertiary/aromatic N) is 1. The van der Waals surface area contributed by atoms with Gasteiger partial charge in [0.2, 0.25) is 0 Å². The van der Waals surface area contributed by atoms with E-state index in [1.807, 2.05) is 12.1 Å². The Labute approximate surface area is 140 Å². The molecule has 25 heavy (non-hydrogen) atoms. The lowest BCUT2D eigenvalue weighted by molar-refractivity contribution is -0.214. The van der Waals surface area contributed by atoms with Crippen molar-refractivity contribution in [2.24, 2.45) is 0 Å². The van der Waals surface area contributed by atoms with E-state index < -0.39 is 34.2 Å². The van der Waals surface area contributed by atoms with Crippen molar-refractivity contribution in [1.82, 2.24) is 5.06 Å². The lowest BCUT2D eigenvalue weighted by Gasteiger charge is -2.27. The number of halogens is 3. The summed E-state index contributed by atoms with van der Waals surface area (Å²) >= 11 is 0. The second-order valence-corrected chi connectivity index (χ2v) is 7.18. The second kappa shape index (κ2) is 5.39. The van der Waals surface area contributed by atoms with Gasteiger partial charge in [0.1, 0.15) is 6.10 Å². The van der Waals surface area contributed by atoms with Crippen LogP contribution < -0.4 is 0 Å². The van der Waals surface area contributed by atoms with Gasteiger partial charge in [-0.3, -0.25) is 0 Å². The minimum absolute atomic E-state index is 0.503. The fourth-order valence-corrected chi connectivity index (χ4v) is 3.58. The molecule has 2 aliphatic rings. The van der Waals surface area contributed by atoms with E-state index >= 15 is 0 Å². The van der Waals surface area contributed by atoms with Crippen LogP contribution in [0.5, 0.6) is 0 Å². The van der Waals surface area contributed by atoms with Gasteiger partial charge in [-0.2, -0.15) is 25.9 Å². The highest BCUT2D eigenvalue weighted by Crippen LogP contribution is 2.51. The maximum Gasteiger partial charge on any atom is 0.524 e. The van der Waals surface area contributed by atoms with Crippen LogP contribution in [0.2, 0.25) is 0 Å². The number of hydrogen-bond donors (Lipinski definition) is 0. The van der Waals surface area contributed by atoms with Crippen molar-refractivity contribution in [3.8, 4) is 0 Å². The summed E-state index contributed by atoms with van der Waals surface area (Å²) in [6.45, 7) is 0. The Balaban J connectivity index is 1.85. The number of hydrogen-bond acceptors (Lipinski definition) is 6. The van der Waals surface area contributed by atoms with Crippen molar-refractivity contribution >= 4 is 20.9 Å². The molecule has 0 aromatic heterocycles. The monoisotopic (exact) mass is 375 g/mol. The minimum Gasteiger partial charge on any atom is -0.360 e. The van der Waals surface area contributed by atoms with Crippen molar-refractivity contribution < 1.29 is 35.3 Å². The van der Waals surface area contributed by atoms with Crippen molar-refractivity contribution in [1.29, 1.82) is 0 Å². The third-order valence-corrected chi connectivity index (χ3v) is 5.12. The lowest BCUT2D eigenvalue weighted by Crippen LogP contribution is -2.39. The van der Waals surface area contributed by atoms with Gasteiger partial charge in [0.05, 0.1) is 0 Å². The summed E-state index contributed by atoms with van der Waals surface area (Å²) in [6, 6.07) is 10.6. The summed E-state index contributed by atoms with van der Waals surface area (Å²) in [5.41, 5.74) is -4.31. The molecule has 6 nitrogen and oxygen atoms in total. The molecule has 0 aliphatic carbocycles. The minimum atomic E-state index is -5.85. The highest BCUT2D eigenvalue weighted by atomic mass is 32.2. The van der Waals surface area contributed by atoms with Crippen LogP contribution >= 0.6 is 0 Å². The quantitative estimate of drug-likeness (QED) is 0.607. The molecule has 1 fully saturated rings. The Hall–Kier alpha value is -1.72. The van der Waals surface area contributed by atoms with Crippen LogP contribution in [0, 0.1) is 0 Å². The Kier molecular flexibility index (Phi) is 3.61. The first kappa shape index (κ1) is 16.7. The van der Waals surface area contributed by atoms with Crippen LogP contribution in [0.15, 0.2) is 36.4 Å². The molecule has 2 aromatic rings. The Morgan fingerprint density at radius 3 is 2.36 bits per heavy atom. The van der Waals surface area contributed by atoms with Crippen molar-refractivity contribution in [2.45, 2.75) is 24.1 Å². The zero-order valence-electron chi connectivity index (χ0n) is 12.7. The highest BCUT2D eigenvalue weighted by molar-refractivity contribution is 7.87. The predicted molar refractivity (Wildman–Crippen MR) is 79.2 cm³/mol. The Bertz CT molecular complexity index is 941.